The smallest absolute Gasteiger partial charge is 0.303 e. The van der Waals surface area contributed by atoms with E-state index in [-0.39, 0.29) is 18.2 Å². The fourth-order valence-electron chi connectivity index (χ4n) is 1.53. The molecule has 0 saturated carbocycles. The van der Waals surface area contributed by atoms with Gasteiger partial charge in [-0.05, 0) is 30.0 Å². The summed E-state index contributed by atoms with van der Waals surface area (Å²) < 4.78 is 13.1. The molecule has 0 heterocycles. The summed E-state index contributed by atoms with van der Waals surface area (Å²) in [5, 5.41) is 8.61. The van der Waals surface area contributed by atoms with Gasteiger partial charge in [0.25, 0.3) is 0 Å². The van der Waals surface area contributed by atoms with Crippen molar-refractivity contribution in [3.05, 3.63) is 35.1 Å². The quantitative estimate of drug-likeness (QED) is 0.807. The van der Waals surface area contributed by atoms with E-state index in [0.717, 1.165) is 5.56 Å². The summed E-state index contributed by atoms with van der Waals surface area (Å²) in [6.07, 6.45) is 0.0320. The number of carboxylic acids is 1. The van der Waals surface area contributed by atoms with Crippen LogP contribution in [0.2, 0.25) is 0 Å². The highest BCUT2D eigenvalue weighted by Crippen LogP contribution is 2.23. The topological polar surface area (TPSA) is 37.3 Å². The number of carboxylic acid groups (broad SMARTS) is 1. The molecule has 3 heteroatoms. The lowest BCUT2D eigenvalue weighted by molar-refractivity contribution is -0.137. The highest BCUT2D eigenvalue weighted by Gasteiger charge is 2.13. The van der Waals surface area contributed by atoms with E-state index < -0.39 is 5.97 Å². The molecule has 0 aliphatic carbocycles. The van der Waals surface area contributed by atoms with Crippen molar-refractivity contribution in [2.75, 3.05) is 0 Å². The van der Waals surface area contributed by atoms with Crippen LogP contribution in [0.3, 0.4) is 0 Å². The van der Waals surface area contributed by atoms with Gasteiger partial charge in [0.1, 0.15) is 5.82 Å². The van der Waals surface area contributed by atoms with Crippen molar-refractivity contribution in [3.63, 3.8) is 0 Å². The molecule has 1 aromatic carbocycles. The molecule has 0 saturated heterocycles. The number of benzene rings is 1. The van der Waals surface area contributed by atoms with Gasteiger partial charge in [-0.15, -0.1) is 0 Å². The number of carbonyl (C=O) groups is 1. The Balaban J connectivity index is 2.95. The number of halogens is 1. The van der Waals surface area contributed by atoms with Crippen molar-refractivity contribution in [1.82, 2.24) is 0 Å². The molecule has 0 bridgehead atoms. The van der Waals surface area contributed by atoms with Crippen molar-refractivity contribution in [2.24, 2.45) is 0 Å². The second-order valence-electron chi connectivity index (χ2n) is 3.45. The van der Waals surface area contributed by atoms with Gasteiger partial charge >= 0.3 is 5.97 Å². The third-order valence-electron chi connectivity index (χ3n) is 2.32. The van der Waals surface area contributed by atoms with Gasteiger partial charge in [-0.2, -0.15) is 0 Å². The Hall–Kier alpha value is -1.38. The minimum Gasteiger partial charge on any atom is -0.481 e. The molecule has 0 aliphatic rings. The van der Waals surface area contributed by atoms with Crippen LogP contribution in [0.1, 0.15) is 30.4 Å². The average Bonchev–Trinajstić information content (AvgIpc) is 2.08. The molecule has 1 atom stereocenters. The minimum absolute atomic E-state index is 0.0320. The second-order valence-corrected chi connectivity index (χ2v) is 3.45. The molecule has 0 aromatic heterocycles. The second kappa shape index (κ2) is 4.22. The van der Waals surface area contributed by atoms with Crippen LogP contribution < -0.4 is 0 Å². The maximum atomic E-state index is 13.1. The molecule has 76 valence electrons. The Morgan fingerprint density at radius 3 is 2.79 bits per heavy atom. The molecule has 0 spiro atoms. The van der Waals surface area contributed by atoms with Crippen LogP contribution in [-0.4, -0.2) is 11.1 Å². The largest absolute Gasteiger partial charge is 0.481 e. The normalized spacial score (nSPS) is 12.5. The van der Waals surface area contributed by atoms with Crippen molar-refractivity contribution < 1.29 is 14.3 Å². The predicted molar refractivity (Wildman–Crippen MR) is 51.8 cm³/mol. The molecule has 0 aliphatic heterocycles. The Morgan fingerprint density at radius 1 is 1.57 bits per heavy atom. The Labute approximate surface area is 82.4 Å². The van der Waals surface area contributed by atoms with Crippen LogP contribution in [0.5, 0.6) is 0 Å². The zero-order chi connectivity index (χ0) is 10.7. The van der Waals surface area contributed by atoms with Gasteiger partial charge in [0.2, 0.25) is 0 Å². The minimum atomic E-state index is -0.860. The number of rotatable bonds is 3. The van der Waals surface area contributed by atoms with Crippen LogP contribution in [0.4, 0.5) is 4.39 Å². The molecule has 1 N–H and O–H groups in total. The van der Waals surface area contributed by atoms with Crippen LogP contribution in [0.25, 0.3) is 0 Å². The lowest BCUT2D eigenvalue weighted by atomic mass is 9.93. The van der Waals surface area contributed by atoms with Gasteiger partial charge in [-0.3, -0.25) is 4.79 Å². The fourth-order valence-corrected chi connectivity index (χ4v) is 1.53. The van der Waals surface area contributed by atoms with Crippen LogP contribution in [-0.2, 0) is 4.79 Å². The monoisotopic (exact) mass is 196 g/mol. The molecule has 1 unspecified atom stereocenters. The number of hydrogen-bond donors (Lipinski definition) is 1. The van der Waals surface area contributed by atoms with Crippen LogP contribution in [0.15, 0.2) is 18.2 Å². The maximum absolute atomic E-state index is 13.1. The first-order valence-corrected chi connectivity index (χ1v) is 4.49. The molecular formula is C11H13FO2. The molecule has 0 fully saturated rings. The van der Waals surface area contributed by atoms with E-state index in [4.69, 9.17) is 5.11 Å². The highest BCUT2D eigenvalue weighted by atomic mass is 19.1. The zero-order valence-electron chi connectivity index (χ0n) is 8.25. The van der Waals surface area contributed by atoms with E-state index in [9.17, 15) is 9.18 Å². The molecular weight excluding hydrogens is 183 g/mol. The number of hydrogen-bond acceptors (Lipinski definition) is 1. The molecule has 14 heavy (non-hydrogen) atoms. The first-order valence-electron chi connectivity index (χ1n) is 4.49. The Kier molecular flexibility index (Phi) is 3.23. The van der Waals surface area contributed by atoms with E-state index in [0.29, 0.717) is 5.56 Å². The summed E-state index contributed by atoms with van der Waals surface area (Å²) in [7, 11) is 0. The number of aliphatic carboxylic acids is 1. The third-order valence-corrected chi connectivity index (χ3v) is 2.32. The van der Waals surface area contributed by atoms with Crippen molar-refractivity contribution in [2.45, 2.75) is 26.2 Å². The van der Waals surface area contributed by atoms with Gasteiger partial charge < -0.3 is 5.11 Å². The van der Waals surface area contributed by atoms with Crippen LogP contribution in [0, 0.1) is 12.7 Å². The molecule has 0 radical (unpaired) electrons. The fraction of sp³-hybridized carbons (Fsp3) is 0.364. The maximum Gasteiger partial charge on any atom is 0.303 e. The summed E-state index contributed by atoms with van der Waals surface area (Å²) >= 11 is 0. The van der Waals surface area contributed by atoms with E-state index in [2.05, 4.69) is 0 Å². The average molecular weight is 196 g/mol. The Morgan fingerprint density at radius 2 is 2.21 bits per heavy atom. The Bertz CT molecular complexity index is 347. The van der Waals surface area contributed by atoms with Gasteiger partial charge in [0.15, 0.2) is 0 Å². The summed E-state index contributed by atoms with van der Waals surface area (Å²) in [5.41, 5.74) is 1.31. The van der Waals surface area contributed by atoms with Gasteiger partial charge in [0, 0.05) is 0 Å². The van der Waals surface area contributed by atoms with Gasteiger partial charge in [-0.1, -0.05) is 19.1 Å². The van der Waals surface area contributed by atoms with Crippen molar-refractivity contribution in [3.8, 4) is 0 Å². The van der Waals surface area contributed by atoms with Crippen molar-refractivity contribution >= 4 is 5.97 Å². The molecule has 1 aromatic rings. The molecule has 0 amide bonds. The van der Waals surface area contributed by atoms with E-state index in [1.807, 2.05) is 0 Å². The SMILES string of the molecule is Cc1c(F)cccc1C(C)CC(=O)O. The summed E-state index contributed by atoms with van der Waals surface area (Å²) in [6, 6.07) is 4.76. The lowest BCUT2D eigenvalue weighted by Gasteiger charge is -2.12. The van der Waals surface area contributed by atoms with Crippen molar-refractivity contribution in [1.29, 1.82) is 0 Å². The van der Waals surface area contributed by atoms with E-state index in [1.165, 1.54) is 6.07 Å². The summed E-state index contributed by atoms with van der Waals surface area (Å²) in [5.74, 6) is -1.29. The van der Waals surface area contributed by atoms with Gasteiger partial charge in [-0.25, -0.2) is 4.39 Å². The zero-order valence-corrected chi connectivity index (χ0v) is 8.25. The predicted octanol–water partition coefficient (Wildman–Crippen LogP) is 2.71. The lowest BCUT2D eigenvalue weighted by Crippen LogP contribution is -2.05. The molecule has 1 rings (SSSR count). The highest BCUT2D eigenvalue weighted by molar-refractivity contribution is 5.68. The van der Waals surface area contributed by atoms with E-state index >= 15 is 0 Å². The summed E-state index contributed by atoms with van der Waals surface area (Å²) in [4.78, 5) is 10.5. The third kappa shape index (κ3) is 2.31. The van der Waals surface area contributed by atoms with Crippen LogP contribution >= 0.6 is 0 Å². The summed E-state index contributed by atoms with van der Waals surface area (Å²) in [6.45, 7) is 3.46. The standard InChI is InChI=1S/C11H13FO2/c1-7(6-11(13)14)9-4-3-5-10(12)8(9)2/h3-5,7H,6H2,1-2H3,(H,13,14). The van der Waals surface area contributed by atoms with E-state index in [1.54, 1.807) is 26.0 Å². The first kappa shape index (κ1) is 10.7. The first-order chi connectivity index (χ1) is 6.52. The molecule has 2 nitrogen and oxygen atoms in total. The van der Waals surface area contributed by atoms with Gasteiger partial charge in [0.05, 0.1) is 6.42 Å².